The van der Waals surface area contributed by atoms with E-state index in [1.807, 2.05) is 0 Å². The molecule has 4 fully saturated rings. The fourth-order valence-electron chi connectivity index (χ4n) is 7.40. The van der Waals surface area contributed by atoms with Crippen molar-refractivity contribution in [1.82, 2.24) is 9.88 Å². The Morgan fingerprint density at radius 3 is 2.40 bits per heavy atom. The van der Waals surface area contributed by atoms with Crippen LogP contribution in [0.15, 0.2) is 79.1 Å². The van der Waals surface area contributed by atoms with E-state index >= 15 is 4.39 Å². The second-order valence-corrected chi connectivity index (χ2v) is 13.8. The molecule has 1 aliphatic carbocycles. The molecular formula is C38H34Cl2F3N3O6. The molecule has 4 heterocycles. The summed E-state index contributed by atoms with van der Waals surface area (Å²) in [6, 6.07) is 16.6. The van der Waals surface area contributed by atoms with E-state index in [9.17, 15) is 18.4 Å². The number of alkyl halides is 2. The highest BCUT2D eigenvalue weighted by Gasteiger charge is 2.74. The molecule has 3 aromatic carbocycles. The average Bonchev–Trinajstić information content (AvgIpc) is 3.61. The number of fused-ring (bicyclic) bond motifs is 1. The molecule has 9 nitrogen and oxygen atoms in total. The molecule has 1 aromatic heterocycles. The van der Waals surface area contributed by atoms with Crippen LogP contribution in [0.5, 0.6) is 11.5 Å². The number of nitrogens with zero attached hydrogens (tertiary/aromatic N) is 3. The fourth-order valence-corrected chi connectivity index (χ4v) is 7.92. The van der Waals surface area contributed by atoms with Crippen molar-refractivity contribution in [1.29, 1.82) is 0 Å². The molecule has 14 heteroatoms. The molecule has 272 valence electrons. The summed E-state index contributed by atoms with van der Waals surface area (Å²) in [5.41, 5.74) is 1.22. The highest BCUT2D eigenvalue weighted by molar-refractivity contribution is 6.35. The highest BCUT2D eigenvalue weighted by Crippen LogP contribution is 2.63. The molecule has 1 saturated carbocycles. The van der Waals surface area contributed by atoms with E-state index in [4.69, 9.17) is 37.4 Å². The molecule has 4 aromatic rings. The maximum absolute atomic E-state index is 15.1. The standard InChI is InChI=1S/C38H34Cl2F3N3O6/c1-2-49-34-15-24(11-12-32(34)51-36(42)43)33(16-25-28(39)17-44-18-29(25)40)50-35(47)23-9-7-22(8-10-23)19-46(31-6-4-3-5-30(31)41)37(48)52-38-21-45-14-13-26(38)27(38)20-45/h3-12,15,17-18,26-27,33,36H,2,13-14,16,19-21H2,1H3/t26?,27?,33?,38-/m1/s1. The first-order chi connectivity index (χ1) is 25.1. The number of hydrogen-bond donors (Lipinski definition) is 0. The summed E-state index contributed by atoms with van der Waals surface area (Å²) in [5, 5.41) is 0.488. The summed E-state index contributed by atoms with van der Waals surface area (Å²) < 4.78 is 63.5. The minimum Gasteiger partial charge on any atom is -0.490 e. The van der Waals surface area contributed by atoms with Crippen LogP contribution in [-0.4, -0.2) is 60.4 Å². The summed E-state index contributed by atoms with van der Waals surface area (Å²) in [6.07, 6.45) is 2.19. The number of rotatable bonds is 13. The van der Waals surface area contributed by atoms with Crippen LogP contribution in [0.25, 0.3) is 0 Å². The Labute approximate surface area is 308 Å². The van der Waals surface area contributed by atoms with Crippen LogP contribution in [0.3, 0.4) is 0 Å². The van der Waals surface area contributed by atoms with Gasteiger partial charge in [0.2, 0.25) is 0 Å². The second kappa shape index (κ2) is 14.8. The second-order valence-electron chi connectivity index (χ2n) is 13.0. The van der Waals surface area contributed by atoms with E-state index in [0.717, 1.165) is 19.5 Å². The highest BCUT2D eigenvalue weighted by atomic mass is 35.5. The lowest BCUT2D eigenvalue weighted by Gasteiger charge is -2.31. The van der Waals surface area contributed by atoms with Gasteiger partial charge in [-0.15, -0.1) is 0 Å². The fraction of sp³-hybridized carbons (Fsp3) is 0.342. The monoisotopic (exact) mass is 755 g/mol. The third-order valence-corrected chi connectivity index (χ3v) is 10.6. The molecular weight excluding hydrogens is 722 g/mol. The van der Waals surface area contributed by atoms with Gasteiger partial charge in [0, 0.05) is 43.7 Å². The molecule has 1 amide bonds. The van der Waals surface area contributed by atoms with Crippen LogP contribution in [-0.2, 0) is 22.4 Å². The van der Waals surface area contributed by atoms with Gasteiger partial charge in [-0.05, 0) is 73.0 Å². The maximum atomic E-state index is 15.1. The Morgan fingerprint density at radius 2 is 1.77 bits per heavy atom. The number of ether oxygens (including phenoxy) is 4. The summed E-state index contributed by atoms with van der Waals surface area (Å²) >= 11 is 12.8. The minimum absolute atomic E-state index is 0.0148. The first kappa shape index (κ1) is 35.9. The smallest absolute Gasteiger partial charge is 0.415 e. The SMILES string of the molecule is CCOc1cc(C(Cc2c(Cl)cncc2Cl)OC(=O)c2ccc(CN(C(=O)O[C@]34CN5CCC3C4C5)c3ccccc3F)cc2)ccc1OC(F)F. The number of halogens is 5. The van der Waals surface area contributed by atoms with Crippen LogP contribution in [0.1, 0.15) is 46.5 Å². The molecule has 0 N–H and O–H groups in total. The molecule has 4 unspecified atom stereocenters. The molecule has 0 spiro atoms. The van der Waals surface area contributed by atoms with Gasteiger partial charge in [-0.25, -0.2) is 14.0 Å². The van der Waals surface area contributed by atoms with Gasteiger partial charge in [0.05, 0.1) is 34.4 Å². The van der Waals surface area contributed by atoms with Crippen molar-refractivity contribution in [3.63, 3.8) is 0 Å². The normalized spacial score (nSPS) is 21.7. The van der Waals surface area contributed by atoms with Crippen molar-refractivity contribution in [2.75, 3.05) is 31.1 Å². The van der Waals surface area contributed by atoms with Crippen molar-refractivity contribution >= 4 is 41.0 Å². The first-order valence-corrected chi connectivity index (χ1v) is 17.6. The van der Waals surface area contributed by atoms with E-state index in [2.05, 4.69) is 14.6 Å². The Morgan fingerprint density at radius 1 is 1.02 bits per heavy atom. The number of amides is 1. The van der Waals surface area contributed by atoms with Crippen molar-refractivity contribution in [3.05, 3.63) is 117 Å². The number of aromatic nitrogens is 1. The van der Waals surface area contributed by atoms with Crippen LogP contribution >= 0.6 is 23.2 Å². The number of esters is 1. The van der Waals surface area contributed by atoms with Gasteiger partial charge in [0.15, 0.2) is 11.5 Å². The zero-order valence-electron chi connectivity index (χ0n) is 27.9. The Bertz CT molecular complexity index is 1940. The van der Waals surface area contributed by atoms with Gasteiger partial charge < -0.3 is 18.9 Å². The van der Waals surface area contributed by atoms with E-state index in [1.54, 1.807) is 31.2 Å². The lowest BCUT2D eigenvalue weighted by molar-refractivity contribution is -0.0514. The van der Waals surface area contributed by atoms with E-state index in [1.165, 1.54) is 59.8 Å². The number of piperidine rings is 3. The van der Waals surface area contributed by atoms with E-state index < -0.39 is 36.2 Å². The molecule has 3 saturated heterocycles. The Kier molecular flexibility index (Phi) is 10.2. The van der Waals surface area contributed by atoms with Gasteiger partial charge >= 0.3 is 18.7 Å². The van der Waals surface area contributed by atoms with Gasteiger partial charge in [-0.1, -0.05) is 53.5 Å². The molecule has 4 aliphatic rings. The number of carbonyl (C=O) groups excluding carboxylic acids is 2. The topological polar surface area (TPSA) is 90.4 Å². The number of pyridine rings is 1. The lowest BCUT2D eigenvalue weighted by Crippen LogP contribution is -2.42. The van der Waals surface area contributed by atoms with Crippen molar-refractivity contribution in [3.8, 4) is 11.5 Å². The van der Waals surface area contributed by atoms with Crippen molar-refractivity contribution in [2.24, 2.45) is 11.8 Å². The first-order valence-electron chi connectivity index (χ1n) is 16.8. The number of anilines is 1. The average molecular weight is 757 g/mol. The summed E-state index contributed by atoms with van der Waals surface area (Å²) in [7, 11) is 0. The molecule has 52 heavy (non-hydrogen) atoms. The van der Waals surface area contributed by atoms with Crippen molar-refractivity contribution < 1.29 is 41.7 Å². The Hall–Kier alpha value is -4.52. The molecule has 8 rings (SSSR count). The zero-order valence-corrected chi connectivity index (χ0v) is 29.5. The maximum Gasteiger partial charge on any atom is 0.415 e. The lowest BCUT2D eigenvalue weighted by atomic mass is 10.0. The predicted octanol–water partition coefficient (Wildman–Crippen LogP) is 8.52. The quantitative estimate of drug-likeness (QED) is 0.126. The summed E-state index contributed by atoms with van der Waals surface area (Å²) in [6.45, 7) is 1.35. The number of carbonyl (C=O) groups is 2. The number of hydrogen-bond acceptors (Lipinski definition) is 8. The van der Waals surface area contributed by atoms with Gasteiger partial charge in [0.25, 0.3) is 0 Å². The third-order valence-electron chi connectivity index (χ3n) is 9.93. The number of benzene rings is 3. The largest absolute Gasteiger partial charge is 0.490 e. The van der Waals surface area contributed by atoms with E-state index in [-0.39, 0.29) is 52.4 Å². The van der Waals surface area contributed by atoms with Crippen LogP contribution in [0.4, 0.5) is 23.7 Å². The van der Waals surface area contributed by atoms with E-state index in [0.29, 0.717) is 35.1 Å². The third kappa shape index (κ3) is 7.24. The van der Waals surface area contributed by atoms with Crippen LogP contribution < -0.4 is 14.4 Å². The van der Waals surface area contributed by atoms with Crippen LogP contribution in [0.2, 0.25) is 10.0 Å². The van der Waals surface area contributed by atoms with Crippen molar-refractivity contribution in [2.45, 2.75) is 44.6 Å². The molecule has 0 radical (unpaired) electrons. The molecule has 3 aliphatic heterocycles. The minimum atomic E-state index is -3.08. The Balaban J connectivity index is 1.11. The molecule has 5 atom stereocenters. The molecule has 4 bridgehead atoms. The zero-order chi connectivity index (χ0) is 36.6. The predicted molar refractivity (Wildman–Crippen MR) is 187 cm³/mol. The van der Waals surface area contributed by atoms with Gasteiger partial charge in [-0.2, -0.15) is 8.78 Å². The summed E-state index contributed by atoms with van der Waals surface area (Å²) in [5.74, 6) is -0.785. The summed E-state index contributed by atoms with van der Waals surface area (Å²) in [4.78, 5) is 34.9. The van der Waals surface area contributed by atoms with Crippen LogP contribution in [0, 0.1) is 17.7 Å². The van der Waals surface area contributed by atoms with Gasteiger partial charge in [0.1, 0.15) is 17.5 Å². The number of para-hydroxylation sites is 1. The van der Waals surface area contributed by atoms with Gasteiger partial charge in [-0.3, -0.25) is 14.8 Å².